The number of halogens is 2. The van der Waals surface area contributed by atoms with E-state index in [0.717, 1.165) is 5.56 Å². The quantitative estimate of drug-likeness (QED) is 0.740. The minimum atomic E-state index is -0.819. The molecule has 4 heteroatoms. The third-order valence-corrected chi connectivity index (χ3v) is 3.59. The fourth-order valence-corrected chi connectivity index (χ4v) is 2.86. The average Bonchev–Trinajstić information content (AvgIpc) is 2.38. The molecule has 20 heavy (non-hydrogen) atoms. The number of aryl methyl sites for hydroxylation is 1. The molecule has 0 fully saturated rings. The summed E-state index contributed by atoms with van der Waals surface area (Å²) in [6.45, 7) is 1.93. The van der Waals surface area contributed by atoms with E-state index in [2.05, 4.69) is 22.0 Å². The Balaban J connectivity index is 2.42. The zero-order valence-electron chi connectivity index (χ0n) is 10.7. The number of carbonyl (C=O) groups is 1. The van der Waals surface area contributed by atoms with Gasteiger partial charge in [-0.1, -0.05) is 57.4 Å². The van der Waals surface area contributed by atoms with E-state index in [-0.39, 0.29) is 5.78 Å². The predicted molar refractivity (Wildman–Crippen MR) is 83.0 cm³/mol. The number of rotatable bonds is 3. The van der Waals surface area contributed by atoms with Gasteiger partial charge in [0.15, 0.2) is 5.78 Å². The van der Waals surface area contributed by atoms with E-state index in [1.807, 2.05) is 25.1 Å². The Bertz CT molecular complexity index is 686. The van der Waals surface area contributed by atoms with Crippen molar-refractivity contribution in [1.29, 1.82) is 5.26 Å². The van der Waals surface area contributed by atoms with Crippen LogP contribution >= 0.6 is 27.5 Å². The molecule has 2 nitrogen and oxygen atoms in total. The Morgan fingerprint density at radius 1 is 1.30 bits per heavy atom. The average molecular weight is 349 g/mol. The number of hydrogen-bond donors (Lipinski definition) is 0. The van der Waals surface area contributed by atoms with Gasteiger partial charge >= 0.3 is 0 Å². The first-order chi connectivity index (χ1) is 9.51. The molecule has 0 aliphatic carbocycles. The van der Waals surface area contributed by atoms with Gasteiger partial charge in [-0.2, -0.15) is 5.26 Å². The van der Waals surface area contributed by atoms with Crippen LogP contribution in [0.25, 0.3) is 0 Å². The van der Waals surface area contributed by atoms with E-state index < -0.39 is 5.92 Å². The third-order valence-electron chi connectivity index (χ3n) is 2.91. The lowest BCUT2D eigenvalue weighted by Crippen LogP contribution is -2.11. The zero-order chi connectivity index (χ0) is 14.7. The maximum Gasteiger partial charge on any atom is 0.184 e. The first-order valence-corrected chi connectivity index (χ1v) is 7.15. The minimum absolute atomic E-state index is 0.249. The van der Waals surface area contributed by atoms with E-state index >= 15 is 0 Å². The maximum atomic E-state index is 12.5. The number of Topliss-reactive ketones (excluding diaryl/α,β-unsaturated/α-hetero) is 1. The minimum Gasteiger partial charge on any atom is -0.292 e. The van der Waals surface area contributed by atoms with E-state index in [9.17, 15) is 10.1 Å². The molecule has 0 aliphatic heterocycles. The summed E-state index contributed by atoms with van der Waals surface area (Å²) >= 11 is 9.25. The van der Waals surface area contributed by atoms with Gasteiger partial charge in [-0.05, 0) is 30.7 Å². The molecule has 0 heterocycles. The van der Waals surface area contributed by atoms with Gasteiger partial charge in [0.25, 0.3) is 0 Å². The van der Waals surface area contributed by atoms with E-state index in [4.69, 9.17) is 11.6 Å². The van der Waals surface area contributed by atoms with Gasteiger partial charge < -0.3 is 0 Å². The standard InChI is InChI=1S/C16H11BrClNO/c1-10-3-2-4-11(5-10)15(9-19)16(20)12-6-13(17)8-14(18)7-12/h2-8,15H,1H3. The molecule has 1 atom stereocenters. The van der Waals surface area contributed by atoms with Crippen LogP contribution in [0.4, 0.5) is 0 Å². The van der Waals surface area contributed by atoms with Crippen molar-refractivity contribution in [2.75, 3.05) is 0 Å². The highest BCUT2D eigenvalue weighted by Crippen LogP contribution is 2.25. The Hall–Kier alpha value is -1.63. The largest absolute Gasteiger partial charge is 0.292 e. The number of hydrogen-bond acceptors (Lipinski definition) is 2. The Morgan fingerprint density at radius 3 is 2.65 bits per heavy atom. The Morgan fingerprint density at radius 2 is 2.05 bits per heavy atom. The highest BCUT2D eigenvalue weighted by atomic mass is 79.9. The van der Waals surface area contributed by atoms with E-state index in [0.29, 0.717) is 20.6 Å². The van der Waals surface area contributed by atoms with Gasteiger partial charge in [-0.15, -0.1) is 0 Å². The van der Waals surface area contributed by atoms with Crippen molar-refractivity contribution in [2.24, 2.45) is 0 Å². The summed E-state index contributed by atoms with van der Waals surface area (Å²) in [7, 11) is 0. The molecule has 0 N–H and O–H groups in total. The van der Waals surface area contributed by atoms with Gasteiger partial charge in [0.05, 0.1) is 6.07 Å². The lowest BCUT2D eigenvalue weighted by molar-refractivity contribution is 0.0979. The Kier molecular flexibility index (Phi) is 4.59. The first-order valence-electron chi connectivity index (χ1n) is 5.98. The number of carbonyl (C=O) groups excluding carboxylic acids is 1. The summed E-state index contributed by atoms with van der Waals surface area (Å²) in [6.07, 6.45) is 0. The molecule has 2 aromatic carbocycles. The van der Waals surface area contributed by atoms with Crippen LogP contribution in [0.3, 0.4) is 0 Å². The van der Waals surface area contributed by atoms with Crippen molar-refractivity contribution in [2.45, 2.75) is 12.8 Å². The van der Waals surface area contributed by atoms with Crippen molar-refractivity contribution >= 4 is 33.3 Å². The molecule has 1 unspecified atom stereocenters. The molecule has 0 saturated carbocycles. The SMILES string of the molecule is Cc1cccc(C(C#N)C(=O)c2cc(Cl)cc(Br)c2)c1. The third kappa shape index (κ3) is 3.27. The van der Waals surface area contributed by atoms with Crippen LogP contribution in [0.15, 0.2) is 46.9 Å². The molecule has 0 aliphatic rings. The van der Waals surface area contributed by atoms with Gasteiger partial charge in [0.2, 0.25) is 0 Å². The van der Waals surface area contributed by atoms with Crippen LogP contribution in [0.2, 0.25) is 5.02 Å². The van der Waals surface area contributed by atoms with Gasteiger partial charge in [0.1, 0.15) is 5.92 Å². The highest BCUT2D eigenvalue weighted by molar-refractivity contribution is 9.10. The maximum absolute atomic E-state index is 12.5. The lowest BCUT2D eigenvalue weighted by Gasteiger charge is -2.10. The summed E-state index contributed by atoms with van der Waals surface area (Å²) in [5, 5.41) is 9.79. The summed E-state index contributed by atoms with van der Waals surface area (Å²) in [4.78, 5) is 12.5. The number of benzene rings is 2. The van der Waals surface area contributed by atoms with Gasteiger partial charge in [0, 0.05) is 15.1 Å². The fraction of sp³-hybridized carbons (Fsp3) is 0.125. The van der Waals surface area contributed by atoms with Crippen LogP contribution < -0.4 is 0 Å². The van der Waals surface area contributed by atoms with Crippen molar-refractivity contribution in [3.8, 4) is 6.07 Å². The summed E-state index contributed by atoms with van der Waals surface area (Å²) < 4.78 is 0.717. The van der Waals surface area contributed by atoms with E-state index in [1.165, 1.54) is 0 Å². The number of ketones is 1. The molecular formula is C16H11BrClNO. The molecule has 0 aromatic heterocycles. The van der Waals surface area contributed by atoms with Crippen molar-refractivity contribution < 1.29 is 4.79 Å². The lowest BCUT2D eigenvalue weighted by atomic mass is 9.91. The summed E-state index contributed by atoms with van der Waals surface area (Å²) in [6, 6.07) is 14.4. The predicted octanol–water partition coefficient (Wildman–Crippen LogP) is 4.90. The monoisotopic (exact) mass is 347 g/mol. The molecular weight excluding hydrogens is 338 g/mol. The zero-order valence-corrected chi connectivity index (χ0v) is 13.1. The van der Waals surface area contributed by atoms with Gasteiger partial charge in [-0.3, -0.25) is 4.79 Å². The Labute approximate surface area is 131 Å². The molecule has 0 spiro atoms. The first kappa shape index (κ1) is 14.8. The normalized spacial score (nSPS) is 11.7. The topological polar surface area (TPSA) is 40.9 Å². The van der Waals surface area contributed by atoms with Crippen LogP contribution in [-0.4, -0.2) is 5.78 Å². The van der Waals surface area contributed by atoms with Gasteiger partial charge in [-0.25, -0.2) is 0 Å². The van der Waals surface area contributed by atoms with Crippen molar-refractivity contribution in [3.05, 3.63) is 68.7 Å². The summed E-state index contributed by atoms with van der Waals surface area (Å²) in [5.41, 5.74) is 2.15. The van der Waals surface area contributed by atoms with Crippen molar-refractivity contribution in [1.82, 2.24) is 0 Å². The molecule has 0 amide bonds. The molecule has 2 aromatic rings. The molecule has 0 bridgehead atoms. The van der Waals surface area contributed by atoms with Crippen molar-refractivity contribution in [3.63, 3.8) is 0 Å². The van der Waals surface area contributed by atoms with Crippen LogP contribution in [-0.2, 0) is 0 Å². The molecule has 0 radical (unpaired) electrons. The second-order valence-corrected chi connectivity index (χ2v) is 5.85. The van der Waals surface area contributed by atoms with Crippen LogP contribution in [0, 0.1) is 18.3 Å². The van der Waals surface area contributed by atoms with Crippen LogP contribution in [0.5, 0.6) is 0 Å². The highest BCUT2D eigenvalue weighted by Gasteiger charge is 2.22. The number of nitrogens with zero attached hydrogens (tertiary/aromatic N) is 1. The fourth-order valence-electron chi connectivity index (χ4n) is 2.00. The summed E-state index contributed by atoms with van der Waals surface area (Å²) in [5.74, 6) is -1.07. The van der Waals surface area contributed by atoms with Crippen LogP contribution in [0.1, 0.15) is 27.4 Å². The number of nitriles is 1. The second-order valence-electron chi connectivity index (χ2n) is 4.50. The molecule has 100 valence electrons. The second kappa shape index (κ2) is 6.21. The smallest absolute Gasteiger partial charge is 0.184 e. The molecule has 2 rings (SSSR count). The van der Waals surface area contributed by atoms with E-state index in [1.54, 1.807) is 24.3 Å². The molecule has 0 saturated heterocycles.